The number of ether oxygens (including phenoxy) is 2. The van der Waals surface area contributed by atoms with Crippen LogP contribution >= 0.6 is 0 Å². The Morgan fingerprint density at radius 1 is 1.08 bits per heavy atom. The molecule has 0 radical (unpaired) electrons. The van der Waals surface area contributed by atoms with Gasteiger partial charge in [-0.1, -0.05) is 18.2 Å². The highest BCUT2D eigenvalue weighted by Crippen LogP contribution is 2.22. The second-order valence-corrected chi connectivity index (χ2v) is 5.89. The van der Waals surface area contributed by atoms with Crippen molar-refractivity contribution in [3.05, 3.63) is 65.9 Å². The molecule has 128 valence electrons. The van der Waals surface area contributed by atoms with Crippen molar-refractivity contribution in [2.75, 3.05) is 26.1 Å². The van der Waals surface area contributed by atoms with Crippen molar-refractivity contribution in [3.63, 3.8) is 0 Å². The lowest BCUT2D eigenvalue weighted by molar-refractivity contribution is 0.0473. The van der Waals surface area contributed by atoms with Gasteiger partial charge in [-0.25, -0.2) is 9.78 Å². The molecule has 0 aliphatic heterocycles. The van der Waals surface area contributed by atoms with Crippen molar-refractivity contribution in [3.8, 4) is 5.75 Å². The van der Waals surface area contributed by atoms with E-state index in [1.165, 1.54) is 0 Å². The van der Waals surface area contributed by atoms with E-state index in [-0.39, 0.29) is 12.6 Å². The van der Waals surface area contributed by atoms with Gasteiger partial charge in [-0.15, -0.1) is 0 Å². The van der Waals surface area contributed by atoms with Crippen molar-refractivity contribution < 1.29 is 14.3 Å². The Balaban J connectivity index is 1.75. The first-order valence-corrected chi connectivity index (χ1v) is 7.94. The number of pyridine rings is 1. The largest absolute Gasteiger partial charge is 0.497 e. The Kier molecular flexibility index (Phi) is 4.84. The Hall–Kier alpha value is -3.08. The van der Waals surface area contributed by atoms with Crippen LogP contribution in [0.3, 0.4) is 0 Å². The minimum absolute atomic E-state index is 0.211. The number of rotatable bonds is 5. The molecule has 5 heteroatoms. The number of aromatic nitrogens is 1. The predicted molar refractivity (Wildman–Crippen MR) is 98.2 cm³/mol. The Labute approximate surface area is 146 Å². The number of carbonyl (C=O) groups excluding carboxylic acids is 1. The fourth-order valence-corrected chi connectivity index (χ4v) is 2.63. The summed E-state index contributed by atoms with van der Waals surface area (Å²) in [7, 11) is 5.34. The van der Waals surface area contributed by atoms with Gasteiger partial charge in [-0.2, -0.15) is 0 Å². The van der Waals surface area contributed by atoms with E-state index in [1.54, 1.807) is 30.3 Å². The first-order valence-electron chi connectivity index (χ1n) is 7.94. The van der Waals surface area contributed by atoms with Crippen LogP contribution in [-0.4, -0.2) is 32.2 Å². The van der Waals surface area contributed by atoms with Crippen LogP contribution in [0.2, 0.25) is 0 Å². The zero-order chi connectivity index (χ0) is 17.8. The van der Waals surface area contributed by atoms with Gasteiger partial charge in [-0.05, 0) is 46.7 Å². The summed E-state index contributed by atoms with van der Waals surface area (Å²) in [4.78, 5) is 18.4. The SMILES string of the molecule is COc1ccc2cc(COC(=O)c3cccnc3N(C)C)ccc2c1. The van der Waals surface area contributed by atoms with E-state index in [2.05, 4.69) is 4.98 Å². The monoisotopic (exact) mass is 336 g/mol. The molecule has 0 bridgehead atoms. The van der Waals surface area contributed by atoms with E-state index in [0.717, 1.165) is 22.1 Å². The third kappa shape index (κ3) is 3.71. The molecule has 0 amide bonds. The molecule has 0 aliphatic rings. The second kappa shape index (κ2) is 7.21. The van der Waals surface area contributed by atoms with E-state index < -0.39 is 0 Å². The Morgan fingerprint density at radius 2 is 1.84 bits per heavy atom. The number of anilines is 1. The molecule has 0 saturated heterocycles. The highest BCUT2D eigenvalue weighted by Gasteiger charge is 2.15. The molecule has 0 unspecified atom stereocenters. The first-order chi connectivity index (χ1) is 12.1. The molecule has 2 aromatic carbocycles. The van der Waals surface area contributed by atoms with Crippen LogP contribution in [0.25, 0.3) is 10.8 Å². The smallest absolute Gasteiger partial charge is 0.342 e. The van der Waals surface area contributed by atoms with Crippen molar-refractivity contribution in [1.29, 1.82) is 0 Å². The molecule has 0 spiro atoms. The van der Waals surface area contributed by atoms with Gasteiger partial charge in [0.25, 0.3) is 0 Å². The zero-order valence-corrected chi connectivity index (χ0v) is 14.5. The fraction of sp³-hybridized carbons (Fsp3) is 0.200. The maximum absolute atomic E-state index is 12.4. The summed E-state index contributed by atoms with van der Waals surface area (Å²) >= 11 is 0. The van der Waals surface area contributed by atoms with Crippen LogP contribution in [0, 0.1) is 0 Å². The summed E-state index contributed by atoms with van der Waals surface area (Å²) in [5.41, 5.74) is 1.39. The summed E-state index contributed by atoms with van der Waals surface area (Å²) in [6.45, 7) is 0.211. The van der Waals surface area contributed by atoms with Gasteiger partial charge in [0.2, 0.25) is 0 Å². The number of benzene rings is 2. The number of hydrogen-bond acceptors (Lipinski definition) is 5. The number of methoxy groups -OCH3 is 1. The van der Waals surface area contributed by atoms with Crippen LogP contribution < -0.4 is 9.64 Å². The van der Waals surface area contributed by atoms with Gasteiger partial charge >= 0.3 is 5.97 Å². The molecule has 0 N–H and O–H groups in total. The summed E-state index contributed by atoms with van der Waals surface area (Å²) in [6, 6.07) is 15.3. The van der Waals surface area contributed by atoms with Crippen LogP contribution in [0.4, 0.5) is 5.82 Å². The molecule has 0 fully saturated rings. The number of fused-ring (bicyclic) bond motifs is 1. The summed E-state index contributed by atoms with van der Waals surface area (Å²) in [5.74, 6) is 1.03. The molecule has 0 atom stereocenters. The van der Waals surface area contributed by atoms with Crippen LogP contribution in [0.15, 0.2) is 54.7 Å². The fourth-order valence-electron chi connectivity index (χ4n) is 2.63. The number of esters is 1. The first kappa shape index (κ1) is 16.8. The maximum atomic E-state index is 12.4. The van der Waals surface area contributed by atoms with E-state index in [1.807, 2.05) is 50.5 Å². The standard InChI is InChI=1S/C20H20N2O3/c1-22(2)19-18(5-4-10-21-19)20(23)25-13-14-6-7-16-12-17(24-3)9-8-15(16)11-14/h4-12H,13H2,1-3H3. The quantitative estimate of drug-likeness (QED) is 0.666. The molecular formula is C20H20N2O3. The summed E-state index contributed by atoms with van der Waals surface area (Å²) in [5, 5.41) is 2.15. The van der Waals surface area contributed by atoms with Crippen LogP contribution in [0.5, 0.6) is 5.75 Å². The van der Waals surface area contributed by atoms with E-state index >= 15 is 0 Å². The highest BCUT2D eigenvalue weighted by molar-refractivity contribution is 5.94. The molecule has 5 nitrogen and oxygen atoms in total. The van der Waals surface area contributed by atoms with Gasteiger partial charge < -0.3 is 14.4 Å². The minimum atomic E-state index is -0.383. The zero-order valence-electron chi connectivity index (χ0n) is 14.5. The van der Waals surface area contributed by atoms with Crippen LogP contribution in [-0.2, 0) is 11.3 Å². The van der Waals surface area contributed by atoms with Crippen molar-refractivity contribution in [2.24, 2.45) is 0 Å². The lowest BCUT2D eigenvalue weighted by atomic mass is 10.1. The second-order valence-electron chi connectivity index (χ2n) is 5.89. The van der Waals surface area contributed by atoms with Gasteiger partial charge in [0.05, 0.1) is 7.11 Å². The lowest BCUT2D eigenvalue weighted by Gasteiger charge is -2.15. The minimum Gasteiger partial charge on any atom is -0.497 e. The Morgan fingerprint density at radius 3 is 2.60 bits per heavy atom. The van der Waals surface area contributed by atoms with E-state index in [4.69, 9.17) is 9.47 Å². The van der Waals surface area contributed by atoms with Crippen molar-refractivity contribution in [1.82, 2.24) is 4.98 Å². The molecule has 1 heterocycles. The average Bonchev–Trinajstić information content (AvgIpc) is 2.65. The third-order valence-corrected chi connectivity index (χ3v) is 3.91. The number of nitrogens with zero attached hydrogens (tertiary/aromatic N) is 2. The van der Waals surface area contributed by atoms with E-state index in [0.29, 0.717) is 11.4 Å². The van der Waals surface area contributed by atoms with Crippen molar-refractivity contribution >= 4 is 22.6 Å². The normalized spacial score (nSPS) is 10.5. The van der Waals surface area contributed by atoms with Gasteiger partial charge in [0.15, 0.2) is 0 Å². The third-order valence-electron chi connectivity index (χ3n) is 3.91. The summed E-state index contributed by atoms with van der Waals surface area (Å²) in [6.07, 6.45) is 1.66. The van der Waals surface area contributed by atoms with Gasteiger partial charge in [0.1, 0.15) is 23.7 Å². The van der Waals surface area contributed by atoms with E-state index in [9.17, 15) is 4.79 Å². The van der Waals surface area contributed by atoms with Gasteiger partial charge in [-0.3, -0.25) is 0 Å². The van der Waals surface area contributed by atoms with Crippen LogP contribution in [0.1, 0.15) is 15.9 Å². The topological polar surface area (TPSA) is 51.7 Å². The molecular weight excluding hydrogens is 316 g/mol. The Bertz CT molecular complexity index is 906. The van der Waals surface area contributed by atoms with Crippen molar-refractivity contribution in [2.45, 2.75) is 6.61 Å². The number of carbonyl (C=O) groups is 1. The molecule has 3 rings (SSSR count). The summed E-state index contributed by atoms with van der Waals surface area (Å²) < 4.78 is 10.7. The number of hydrogen-bond donors (Lipinski definition) is 0. The highest BCUT2D eigenvalue weighted by atomic mass is 16.5. The molecule has 0 saturated carbocycles. The molecule has 25 heavy (non-hydrogen) atoms. The maximum Gasteiger partial charge on any atom is 0.342 e. The average molecular weight is 336 g/mol. The molecule has 1 aromatic heterocycles. The molecule has 0 aliphatic carbocycles. The molecule has 3 aromatic rings. The predicted octanol–water partition coefficient (Wildman–Crippen LogP) is 3.67. The van der Waals surface area contributed by atoms with Gasteiger partial charge in [0, 0.05) is 20.3 Å². The lowest BCUT2D eigenvalue weighted by Crippen LogP contribution is -2.16.